The molecule has 0 fully saturated rings. The molecule has 1 aliphatic rings. The third-order valence-electron chi connectivity index (χ3n) is 1.58. The average Bonchev–Trinajstić information content (AvgIpc) is 2.82. The molecule has 0 radical (unpaired) electrons. The van der Waals surface area contributed by atoms with Gasteiger partial charge in [-0.05, 0) is 0 Å². The van der Waals surface area contributed by atoms with Gasteiger partial charge in [0.15, 0.2) is 0 Å². The van der Waals surface area contributed by atoms with E-state index in [2.05, 4.69) is 12.2 Å². The Hall–Kier alpha value is -0.0657. The van der Waals surface area contributed by atoms with Gasteiger partial charge in [-0.25, -0.2) is 25.3 Å². The van der Waals surface area contributed by atoms with Crippen molar-refractivity contribution in [2.24, 2.45) is 0 Å². The quantitative estimate of drug-likeness (QED) is 0.198. The number of allylic oxidation sites excluding steroid dienone is 4. The van der Waals surface area contributed by atoms with Gasteiger partial charge in [0.1, 0.15) is 0 Å². The van der Waals surface area contributed by atoms with E-state index in [0.29, 0.717) is 0 Å². The maximum atomic E-state index is 12.0. The summed E-state index contributed by atoms with van der Waals surface area (Å²) in [6, 6.07) is 1.02. The second-order valence-electron chi connectivity index (χ2n) is 2.70. The first kappa shape index (κ1) is 28.1. The van der Waals surface area contributed by atoms with Crippen molar-refractivity contribution in [3.8, 4) is 0 Å². The zero-order valence-electron chi connectivity index (χ0n) is 9.55. The van der Waals surface area contributed by atoms with E-state index in [0.717, 1.165) is 12.5 Å². The van der Waals surface area contributed by atoms with Crippen LogP contribution in [-0.2, 0) is 21.7 Å². The molecule has 0 nitrogen and oxygen atoms in total. The second kappa shape index (κ2) is 13.9. The first-order chi connectivity index (χ1) is 7.54. The van der Waals surface area contributed by atoms with Gasteiger partial charge in [-0.3, -0.25) is 14.9 Å². The Morgan fingerprint density at radius 3 is 1.50 bits per heavy atom. The van der Waals surface area contributed by atoms with Gasteiger partial charge >= 0.3 is 21.7 Å². The Morgan fingerprint density at radius 1 is 0.800 bits per heavy atom. The molecule has 0 atom stereocenters. The predicted octanol–water partition coefficient (Wildman–Crippen LogP) is 4.75. The summed E-state index contributed by atoms with van der Waals surface area (Å²) in [6.07, 6.45) is 10.0. The maximum Gasteiger partial charge on any atom is 2.00 e. The van der Waals surface area contributed by atoms with Gasteiger partial charge < -0.3 is 0 Å². The summed E-state index contributed by atoms with van der Waals surface area (Å²) in [5.74, 6) is -10.0. The number of halogens is 8. The fourth-order valence-corrected chi connectivity index (χ4v) is 0.835. The summed E-state index contributed by atoms with van der Waals surface area (Å²) in [4.78, 5) is 0. The zero-order chi connectivity index (χ0) is 12.1. The van der Waals surface area contributed by atoms with Crippen molar-refractivity contribution in [1.82, 2.24) is 0 Å². The molecule has 0 saturated carbocycles. The minimum atomic E-state index is -2.17. The van der Waals surface area contributed by atoms with Crippen LogP contribution in [0.1, 0.15) is 6.42 Å². The van der Waals surface area contributed by atoms with E-state index in [9.17, 15) is 22.0 Å². The van der Waals surface area contributed by atoms with E-state index in [1.54, 1.807) is 0 Å². The number of rotatable bonds is 0. The van der Waals surface area contributed by atoms with E-state index < -0.39 is 29.1 Å². The molecule has 0 aliphatic heterocycles. The molecular weight excluding hydrogens is 381 g/mol. The van der Waals surface area contributed by atoms with Crippen LogP contribution in [0.2, 0.25) is 0 Å². The van der Waals surface area contributed by atoms with Gasteiger partial charge in [-0.1, -0.05) is 0 Å². The molecule has 1 aromatic carbocycles. The van der Waals surface area contributed by atoms with Crippen LogP contribution in [0.15, 0.2) is 18.2 Å². The SMILES string of the molecule is Cl.Cl.Cl.Fc1[c-]c(F)c(F)c(F)c1F.[C-]1=CC=CC1.[Ti+2]. The van der Waals surface area contributed by atoms with Gasteiger partial charge in [0.2, 0.25) is 0 Å². The molecule has 20 heavy (non-hydrogen) atoms. The van der Waals surface area contributed by atoms with E-state index >= 15 is 0 Å². The van der Waals surface area contributed by atoms with Crippen molar-refractivity contribution in [1.29, 1.82) is 0 Å². The van der Waals surface area contributed by atoms with Gasteiger partial charge in [-0.15, -0.1) is 49.7 Å². The number of benzene rings is 1. The molecule has 1 aliphatic carbocycles. The van der Waals surface area contributed by atoms with Crippen LogP contribution < -0.4 is 0 Å². The second-order valence-corrected chi connectivity index (χ2v) is 2.70. The summed E-state index contributed by atoms with van der Waals surface area (Å²) in [5, 5.41) is 0. The summed E-state index contributed by atoms with van der Waals surface area (Å²) < 4.78 is 59.9. The summed E-state index contributed by atoms with van der Waals surface area (Å²) in [6.45, 7) is 0. The summed E-state index contributed by atoms with van der Waals surface area (Å²) in [5.41, 5.74) is 0. The Kier molecular flexibility index (Phi) is 19.6. The van der Waals surface area contributed by atoms with Crippen molar-refractivity contribution in [3.05, 3.63) is 59.5 Å². The molecule has 0 saturated heterocycles. The minimum absolute atomic E-state index is 0. The third kappa shape index (κ3) is 8.27. The molecule has 9 heteroatoms. The van der Waals surface area contributed by atoms with Crippen LogP contribution in [0.4, 0.5) is 22.0 Å². The Labute approximate surface area is 146 Å². The molecule has 1 aromatic rings. The van der Waals surface area contributed by atoms with Crippen molar-refractivity contribution in [3.63, 3.8) is 0 Å². The maximum absolute atomic E-state index is 12.0. The van der Waals surface area contributed by atoms with Crippen molar-refractivity contribution in [2.45, 2.75) is 6.42 Å². The topological polar surface area (TPSA) is 0 Å². The molecule has 112 valence electrons. The standard InChI is InChI=1S/C6F5.C5H5.3ClH.Ti/c7-2-1-3(8)5(10)6(11)4(2)9;1-2-4-5-3-1;;;;/h;1-3H,4H2;3*1H;/q2*-1;;;;+2. The van der Waals surface area contributed by atoms with E-state index in [-0.39, 0.29) is 58.9 Å². The van der Waals surface area contributed by atoms with Gasteiger partial charge in [0.05, 0.1) is 29.1 Å². The van der Waals surface area contributed by atoms with Crippen LogP contribution in [0.3, 0.4) is 0 Å². The molecule has 0 spiro atoms. The van der Waals surface area contributed by atoms with Gasteiger partial charge in [0, 0.05) is 0 Å². The molecular formula is C11H8Cl3F5Ti. The summed E-state index contributed by atoms with van der Waals surface area (Å²) >= 11 is 0. The first-order valence-electron chi connectivity index (χ1n) is 4.16. The molecule has 0 heterocycles. The minimum Gasteiger partial charge on any atom is -0.278 e. The predicted molar refractivity (Wildman–Crippen MR) is 68.4 cm³/mol. The van der Waals surface area contributed by atoms with Crippen LogP contribution in [0, 0.1) is 41.2 Å². The smallest absolute Gasteiger partial charge is 0.278 e. The van der Waals surface area contributed by atoms with Crippen LogP contribution in [0.5, 0.6) is 0 Å². The Bertz CT molecular complexity index is 416. The van der Waals surface area contributed by atoms with Gasteiger partial charge in [-0.2, -0.15) is 6.08 Å². The molecule has 0 amide bonds. The molecule has 0 unspecified atom stereocenters. The molecule has 0 N–H and O–H groups in total. The van der Waals surface area contributed by atoms with E-state index in [4.69, 9.17) is 0 Å². The normalized spacial score (nSPS) is 10.1. The van der Waals surface area contributed by atoms with Crippen LogP contribution in [-0.4, -0.2) is 0 Å². The van der Waals surface area contributed by atoms with Gasteiger partial charge in [0.25, 0.3) is 0 Å². The van der Waals surface area contributed by atoms with E-state index in [1.807, 2.05) is 12.2 Å². The van der Waals surface area contributed by atoms with Crippen molar-refractivity contribution >= 4 is 37.2 Å². The Morgan fingerprint density at radius 2 is 1.25 bits per heavy atom. The molecule has 0 bridgehead atoms. The van der Waals surface area contributed by atoms with Crippen molar-refractivity contribution in [2.75, 3.05) is 0 Å². The monoisotopic (exact) mass is 388 g/mol. The number of hydrogen-bond donors (Lipinski definition) is 0. The molecule has 0 aromatic heterocycles. The fourth-order valence-electron chi connectivity index (χ4n) is 0.835. The third-order valence-corrected chi connectivity index (χ3v) is 1.58. The average molecular weight is 389 g/mol. The molecule has 2 rings (SSSR count). The van der Waals surface area contributed by atoms with Crippen LogP contribution >= 0.6 is 37.2 Å². The Balaban J connectivity index is -0.000000124. The summed E-state index contributed by atoms with van der Waals surface area (Å²) in [7, 11) is 0. The van der Waals surface area contributed by atoms with E-state index in [1.165, 1.54) is 0 Å². The largest absolute Gasteiger partial charge is 2.00 e. The van der Waals surface area contributed by atoms with Crippen molar-refractivity contribution < 1.29 is 43.7 Å². The first-order valence-corrected chi connectivity index (χ1v) is 4.16. The fraction of sp³-hybridized carbons (Fsp3) is 0.0909. The van der Waals surface area contributed by atoms with Crippen LogP contribution in [0.25, 0.3) is 0 Å². The number of hydrogen-bond acceptors (Lipinski definition) is 0. The zero-order valence-corrected chi connectivity index (χ0v) is 13.6.